The van der Waals surface area contributed by atoms with Crippen molar-refractivity contribution in [3.8, 4) is 5.75 Å². The predicted molar refractivity (Wildman–Crippen MR) is 67.9 cm³/mol. The van der Waals surface area contributed by atoms with Crippen LogP contribution in [0.15, 0.2) is 18.2 Å². The fourth-order valence-corrected chi connectivity index (χ4v) is 2.49. The quantitative estimate of drug-likeness (QED) is 0.818. The van der Waals surface area contributed by atoms with Crippen LogP contribution >= 0.6 is 0 Å². The van der Waals surface area contributed by atoms with Crippen LogP contribution < -0.4 is 10.5 Å². The minimum atomic E-state index is -4.44. The molecule has 1 aromatic rings. The average molecular weight is 273 g/mol. The molecule has 2 N–H and O–H groups in total. The molecule has 2 unspecified atom stereocenters. The van der Waals surface area contributed by atoms with E-state index in [4.69, 9.17) is 10.5 Å². The van der Waals surface area contributed by atoms with Crippen molar-refractivity contribution in [3.05, 3.63) is 23.8 Å². The molecule has 1 aromatic carbocycles. The van der Waals surface area contributed by atoms with E-state index in [0.717, 1.165) is 31.7 Å². The molecule has 5 heteroatoms. The van der Waals surface area contributed by atoms with Gasteiger partial charge in [-0.15, -0.1) is 0 Å². The second-order valence-electron chi connectivity index (χ2n) is 5.17. The SMILES string of the molecule is CC1CCCCC1Oc1ccc(N)cc1C(F)(F)F. The van der Waals surface area contributed by atoms with Gasteiger partial charge in [0.1, 0.15) is 11.9 Å². The van der Waals surface area contributed by atoms with Crippen LogP contribution in [0.2, 0.25) is 0 Å². The Labute approximate surface area is 110 Å². The van der Waals surface area contributed by atoms with Gasteiger partial charge in [0.15, 0.2) is 0 Å². The number of nitrogen functional groups attached to an aromatic ring is 1. The number of alkyl halides is 3. The molecule has 2 nitrogen and oxygen atoms in total. The molecule has 0 amide bonds. The zero-order valence-corrected chi connectivity index (χ0v) is 10.8. The first-order valence-corrected chi connectivity index (χ1v) is 6.51. The highest BCUT2D eigenvalue weighted by atomic mass is 19.4. The summed E-state index contributed by atoms with van der Waals surface area (Å²) >= 11 is 0. The topological polar surface area (TPSA) is 35.2 Å². The summed E-state index contributed by atoms with van der Waals surface area (Å²) in [6.07, 6.45) is -0.648. The lowest BCUT2D eigenvalue weighted by Gasteiger charge is -2.30. The second-order valence-corrected chi connectivity index (χ2v) is 5.17. The Morgan fingerprint density at radius 1 is 1.21 bits per heavy atom. The standard InChI is InChI=1S/C14H18F3NO/c1-9-4-2-3-5-12(9)19-13-7-6-10(18)8-11(13)14(15,16)17/h6-9,12H,2-5,18H2,1H3. The minimum Gasteiger partial charge on any atom is -0.490 e. The molecular formula is C14H18F3NO. The van der Waals surface area contributed by atoms with E-state index in [1.54, 1.807) is 0 Å². The maximum Gasteiger partial charge on any atom is 0.420 e. The molecule has 1 fully saturated rings. The van der Waals surface area contributed by atoms with Gasteiger partial charge in [0.25, 0.3) is 0 Å². The number of hydrogen-bond acceptors (Lipinski definition) is 2. The lowest BCUT2D eigenvalue weighted by atomic mass is 9.88. The van der Waals surface area contributed by atoms with Crippen LogP contribution in [0.4, 0.5) is 18.9 Å². The first-order valence-electron chi connectivity index (χ1n) is 6.51. The number of nitrogens with two attached hydrogens (primary N) is 1. The van der Waals surface area contributed by atoms with Crippen molar-refractivity contribution in [3.63, 3.8) is 0 Å². The van der Waals surface area contributed by atoms with Gasteiger partial charge >= 0.3 is 6.18 Å². The fourth-order valence-electron chi connectivity index (χ4n) is 2.49. The molecule has 1 saturated carbocycles. The zero-order chi connectivity index (χ0) is 14.0. The van der Waals surface area contributed by atoms with Crippen LogP contribution in [0.25, 0.3) is 0 Å². The second kappa shape index (κ2) is 5.31. The van der Waals surface area contributed by atoms with E-state index in [9.17, 15) is 13.2 Å². The van der Waals surface area contributed by atoms with Crippen molar-refractivity contribution >= 4 is 5.69 Å². The smallest absolute Gasteiger partial charge is 0.420 e. The molecule has 0 aromatic heterocycles. The molecule has 1 aliphatic rings. The van der Waals surface area contributed by atoms with Gasteiger partial charge in [-0.2, -0.15) is 13.2 Å². The summed E-state index contributed by atoms with van der Waals surface area (Å²) in [6, 6.07) is 3.69. The maximum absolute atomic E-state index is 12.9. The van der Waals surface area contributed by atoms with E-state index in [0.29, 0.717) is 0 Å². The average Bonchev–Trinajstić information content (AvgIpc) is 2.33. The van der Waals surface area contributed by atoms with Crippen LogP contribution in [0, 0.1) is 5.92 Å². The van der Waals surface area contributed by atoms with Gasteiger partial charge in [-0.05, 0) is 43.4 Å². The van der Waals surface area contributed by atoms with Crippen molar-refractivity contribution in [1.29, 1.82) is 0 Å². The highest BCUT2D eigenvalue weighted by molar-refractivity contribution is 5.49. The Morgan fingerprint density at radius 3 is 2.53 bits per heavy atom. The molecule has 106 valence electrons. The largest absolute Gasteiger partial charge is 0.490 e. The summed E-state index contributed by atoms with van der Waals surface area (Å²) in [6.45, 7) is 2.02. The van der Waals surface area contributed by atoms with Gasteiger partial charge < -0.3 is 10.5 Å². The van der Waals surface area contributed by atoms with E-state index in [1.807, 2.05) is 6.92 Å². The van der Waals surface area contributed by atoms with Crippen LogP contribution in [0.1, 0.15) is 38.2 Å². The third-order valence-electron chi connectivity index (χ3n) is 3.62. The maximum atomic E-state index is 12.9. The number of hydrogen-bond donors (Lipinski definition) is 1. The van der Waals surface area contributed by atoms with Crippen molar-refractivity contribution in [2.75, 3.05) is 5.73 Å². The molecule has 0 spiro atoms. The Bertz CT molecular complexity index is 445. The van der Waals surface area contributed by atoms with E-state index in [2.05, 4.69) is 0 Å². The van der Waals surface area contributed by atoms with Crippen LogP contribution in [0.5, 0.6) is 5.75 Å². The van der Waals surface area contributed by atoms with E-state index in [-0.39, 0.29) is 23.5 Å². The van der Waals surface area contributed by atoms with Gasteiger partial charge in [-0.25, -0.2) is 0 Å². The van der Waals surface area contributed by atoms with Gasteiger partial charge in [0.2, 0.25) is 0 Å². The number of rotatable bonds is 2. The third kappa shape index (κ3) is 3.33. The van der Waals surface area contributed by atoms with E-state index >= 15 is 0 Å². The summed E-state index contributed by atoms with van der Waals surface area (Å²) in [5.41, 5.74) is 4.74. The summed E-state index contributed by atoms with van der Waals surface area (Å²) in [7, 11) is 0. The van der Waals surface area contributed by atoms with Crippen molar-refractivity contribution < 1.29 is 17.9 Å². The van der Waals surface area contributed by atoms with E-state index in [1.165, 1.54) is 12.1 Å². The zero-order valence-electron chi connectivity index (χ0n) is 10.8. The predicted octanol–water partition coefficient (Wildman–Crippen LogP) is 4.25. The Balaban J connectivity index is 2.24. The monoisotopic (exact) mass is 273 g/mol. The molecule has 2 rings (SSSR count). The fraction of sp³-hybridized carbons (Fsp3) is 0.571. The molecular weight excluding hydrogens is 255 g/mol. The number of ether oxygens (including phenoxy) is 1. The lowest BCUT2D eigenvalue weighted by Crippen LogP contribution is -2.29. The van der Waals surface area contributed by atoms with Gasteiger partial charge in [-0.3, -0.25) is 0 Å². The molecule has 19 heavy (non-hydrogen) atoms. The first-order chi connectivity index (χ1) is 8.88. The number of halogens is 3. The first kappa shape index (κ1) is 14.0. The highest BCUT2D eigenvalue weighted by Gasteiger charge is 2.36. The lowest BCUT2D eigenvalue weighted by molar-refractivity contribution is -0.139. The van der Waals surface area contributed by atoms with Gasteiger partial charge in [0.05, 0.1) is 5.56 Å². The summed E-state index contributed by atoms with van der Waals surface area (Å²) in [5, 5.41) is 0. The molecule has 0 saturated heterocycles. The van der Waals surface area contributed by atoms with Crippen LogP contribution in [0.3, 0.4) is 0 Å². The number of anilines is 1. The summed E-state index contributed by atoms with van der Waals surface area (Å²) < 4.78 is 44.4. The number of benzene rings is 1. The Hall–Kier alpha value is -1.39. The molecule has 0 bridgehead atoms. The van der Waals surface area contributed by atoms with Crippen LogP contribution in [-0.4, -0.2) is 6.10 Å². The molecule has 2 atom stereocenters. The molecule has 0 heterocycles. The van der Waals surface area contributed by atoms with E-state index < -0.39 is 11.7 Å². The Morgan fingerprint density at radius 2 is 1.89 bits per heavy atom. The summed E-state index contributed by atoms with van der Waals surface area (Å²) in [5.74, 6) is 0.174. The summed E-state index contributed by atoms with van der Waals surface area (Å²) in [4.78, 5) is 0. The van der Waals surface area contributed by atoms with Gasteiger partial charge in [0, 0.05) is 5.69 Å². The third-order valence-corrected chi connectivity index (χ3v) is 3.62. The van der Waals surface area contributed by atoms with Crippen molar-refractivity contribution in [2.24, 2.45) is 5.92 Å². The molecule has 0 aliphatic heterocycles. The van der Waals surface area contributed by atoms with Crippen LogP contribution in [-0.2, 0) is 6.18 Å². The minimum absolute atomic E-state index is 0.0939. The Kier molecular flexibility index (Phi) is 3.92. The van der Waals surface area contributed by atoms with Crippen molar-refractivity contribution in [1.82, 2.24) is 0 Å². The normalized spacial score (nSPS) is 24.2. The molecule has 1 aliphatic carbocycles. The van der Waals surface area contributed by atoms with Gasteiger partial charge in [-0.1, -0.05) is 13.3 Å². The van der Waals surface area contributed by atoms with Crippen molar-refractivity contribution in [2.45, 2.75) is 44.9 Å². The highest BCUT2D eigenvalue weighted by Crippen LogP contribution is 2.39. The molecule has 0 radical (unpaired) electrons.